The molecule has 0 saturated carbocycles. The summed E-state index contributed by atoms with van der Waals surface area (Å²) in [6.07, 6.45) is 2.49. The number of aromatic nitrogens is 2. The highest BCUT2D eigenvalue weighted by atomic mass is 19.1. The van der Waals surface area contributed by atoms with Gasteiger partial charge < -0.3 is 14.2 Å². The number of halogens is 1. The Morgan fingerprint density at radius 2 is 2.14 bits per heavy atom. The number of benzene rings is 1. The van der Waals surface area contributed by atoms with E-state index in [9.17, 15) is 9.18 Å². The minimum absolute atomic E-state index is 0.0398. The van der Waals surface area contributed by atoms with Crippen LogP contribution in [0.5, 0.6) is 5.75 Å². The monoisotopic (exact) mass is 390 g/mol. The molecule has 2 aromatic rings. The molecule has 1 aromatic heterocycles. The van der Waals surface area contributed by atoms with Gasteiger partial charge in [0.05, 0.1) is 5.56 Å². The number of piperidine rings is 1. The van der Waals surface area contributed by atoms with Crippen LogP contribution in [0.3, 0.4) is 0 Å². The Labute approximate surface area is 164 Å². The lowest BCUT2D eigenvalue weighted by Crippen LogP contribution is -2.44. The van der Waals surface area contributed by atoms with E-state index in [1.54, 1.807) is 6.07 Å². The molecule has 152 valence electrons. The van der Waals surface area contributed by atoms with Gasteiger partial charge in [0.2, 0.25) is 0 Å². The molecule has 1 aliphatic rings. The topological polar surface area (TPSA) is 71.7 Å². The summed E-state index contributed by atoms with van der Waals surface area (Å²) in [4.78, 5) is 19.5. The van der Waals surface area contributed by atoms with Gasteiger partial charge in [0.15, 0.2) is 12.1 Å². The third-order valence-electron chi connectivity index (χ3n) is 5.12. The van der Waals surface area contributed by atoms with Gasteiger partial charge in [-0.1, -0.05) is 19.0 Å². The maximum absolute atomic E-state index is 13.6. The van der Waals surface area contributed by atoms with Crippen LogP contribution in [0.4, 0.5) is 10.4 Å². The first kappa shape index (κ1) is 20.3. The predicted octanol–water partition coefficient (Wildman–Crippen LogP) is 3.12. The zero-order chi connectivity index (χ0) is 20.1. The summed E-state index contributed by atoms with van der Waals surface area (Å²) in [5.74, 6) is 0.867. The number of nitrogens with zero attached hydrogens (tertiary/aromatic N) is 4. The number of hydrogen-bond donors (Lipinski definition) is 0. The lowest BCUT2D eigenvalue weighted by Gasteiger charge is -2.35. The van der Waals surface area contributed by atoms with Crippen LogP contribution in [0.1, 0.15) is 48.8 Å². The van der Waals surface area contributed by atoms with Crippen molar-refractivity contribution < 1.29 is 18.4 Å². The predicted molar refractivity (Wildman–Crippen MR) is 104 cm³/mol. The summed E-state index contributed by atoms with van der Waals surface area (Å²) < 4.78 is 24.6. The number of hydrogen-bond acceptors (Lipinski definition) is 7. The number of aldehydes is 1. The highest BCUT2D eigenvalue weighted by Crippen LogP contribution is 2.22. The molecule has 7 nitrogen and oxygen atoms in total. The van der Waals surface area contributed by atoms with Crippen LogP contribution >= 0.6 is 0 Å². The maximum Gasteiger partial charge on any atom is 0.324 e. The van der Waals surface area contributed by atoms with E-state index in [1.807, 2.05) is 13.8 Å². The Kier molecular flexibility index (Phi) is 6.61. The molecular formula is C20H27FN4O3. The van der Waals surface area contributed by atoms with Gasteiger partial charge in [-0.3, -0.25) is 9.69 Å². The van der Waals surface area contributed by atoms with Crippen molar-refractivity contribution in [3.63, 3.8) is 0 Å². The molecule has 0 amide bonds. The van der Waals surface area contributed by atoms with Gasteiger partial charge in [0.25, 0.3) is 0 Å². The number of likely N-dealkylation sites (N-methyl/N-ethyl adjacent to an activating group) is 1. The van der Waals surface area contributed by atoms with E-state index in [0.29, 0.717) is 30.7 Å². The van der Waals surface area contributed by atoms with E-state index >= 15 is 0 Å². The fourth-order valence-corrected chi connectivity index (χ4v) is 3.27. The summed E-state index contributed by atoms with van der Waals surface area (Å²) in [5, 5.41) is 4.03. The van der Waals surface area contributed by atoms with Crippen molar-refractivity contribution in [1.29, 1.82) is 0 Å². The average molecular weight is 390 g/mol. The molecule has 1 aromatic carbocycles. The van der Waals surface area contributed by atoms with E-state index in [-0.39, 0.29) is 11.5 Å². The molecule has 1 fully saturated rings. The molecule has 28 heavy (non-hydrogen) atoms. The second-order valence-corrected chi connectivity index (χ2v) is 7.44. The summed E-state index contributed by atoms with van der Waals surface area (Å²) >= 11 is 0. The summed E-state index contributed by atoms with van der Waals surface area (Å²) in [5.41, 5.74) is 0.0398. The molecule has 0 aliphatic carbocycles. The first-order valence-electron chi connectivity index (χ1n) is 9.64. The second kappa shape index (κ2) is 9.14. The zero-order valence-electron chi connectivity index (χ0n) is 16.6. The Hall–Kier alpha value is -2.48. The molecule has 0 spiro atoms. The molecule has 1 saturated heterocycles. The van der Waals surface area contributed by atoms with Crippen LogP contribution in [0.25, 0.3) is 0 Å². The van der Waals surface area contributed by atoms with E-state index < -0.39 is 5.82 Å². The van der Waals surface area contributed by atoms with Crippen molar-refractivity contribution in [1.82, 2.24) is 15.0 Å². The number of anilines is 1. The van der Waals surface area contributed by atoms with Crippen molar-refractivity contribution >= 4 is 12.3 Å². The number of carbonyl (C=O) groups excluding carboxylic acids is 1. The second-order valence-electron chi connectivity index (χ2n) is 7.44. The quantitative estimate of drug-likeness (QED) is 0.641. The van der Waals surface area contributed by atoms with Gasteiger partial charge in [-0.2, -0.15) is 4.98 Å². The van der Waals surface area contributed by atoms with Crippen LogP contribution in [-0.2, 0) is 0 Å². The van der Waals surface area contributed by atoms with Gasteiger partial charge in [-0.05, 0) is 32.0 Å². The molecular weight excluding hydrogens is 363 g/mol. The van der Waals surface area contributed by atoms with Crippen LogP contribution in [0, 0.1) is 5.82 Å². The smallest absolute Gasteiger partial charge is 0.324 e. The molecule has 0 bridgehead atoms. The molecule has 2 heterocycles. The van der Waals surface area contributed by atoms with Gasteiger partial charge in [0.1, 0.15) is 18.2 Å². The largest absolute Gasteiger partial charge is 0.492 e. The molecule has 0 radical (unpaired) electrons. The molecule has 1 aliphatic heterocycles. The van der Waals surface area contributed by atoms with Crippen LogP contribution in [0.15, 0.2) is 22.7 Å². The highest BCUT2D eigenvalue weighted by Gasteiger charge is 2.25. The first-order valence-corrected chi connectivity index (χ1v) is 9.64. The van der Waals surface area contributed by atoms with Gasteiger partial charge in [-0.15, -0.1) is 0 Å². The van der Waals surface area contributed by atoms with E-state index in [1.165, 1.54) is 12.1 Å². The standard InChI is InChI=1S/C20H27FN4O3/c1-14(2)19-22-20(28-23-19)25-8-6-16(7-9-25)24(3)10-11-27-17-5-4-15(13-26)18(21)12-17/h4-5,12-14,16H,6-11H2,1-3H3. The van der Waals surface area contributed by atoms with Gasteiger partial charge >= 0.3 is 6.01 Å². The SMILES string of the molecule is CC(C)c1noc(N2CCC(N(C)CCOc3ccc(C=O)c(F)c3)CC2)n1. The van der Waals surface area contributed by atoms with E-state index in [2.05, 4.69) is 27.0 Å². The average Bonchev–Trinajstić information content (AvgIpc) is 3.19. The van der Waals surface area contributed by atoms with Crippen molar-refractivity contribution in [2.45, 2.75) is 38.6 Å². The summed E-state index contributed by atoms with van der Waals surface area (Å²) in [6, 6.07) is 5.34. The lowest BCUT2D eigenvalue weighted by atomic mass is 10.0. The van der Waals surface area contributed by atoms with Gasteiger partial charge in [-0.25, -0.2) is 4.39 Å². The Morgan fingerprint density at radius 3 is 2.75 bits per heavy atom. The Balaban J connectivity index is 1.43. The molecule has 3 rings (SSSR count). The first-order chi connectivity index (χ1) is 13.5. The normalized spacial score (nSPS) is 15.4. The molecule has 0 N–H and O–H groups in total. The Morgan fingerprint density at radius 1 is 1.39 bits per heavy atom. The fraction of sp³-hybridized carbons (Fsp3) is 0.550. The lowest BCUT2D eigenvalue weighted by molar-refractivity contribution is 0.111. The summed E-state index contributed by atoms with van der Waals surface area (Å²) in [6.45, 7) is 7.02. The molecule has 0 atom stereocenters. The van der Waals surface area contributed by atoms with Crippen LogP contribution in [-0.4, -0.2) is 60.7 Å². The third-order valence-corrected chi connectivity index (χ3v) is 5.12. The number of ether oxygens (including phenoxy) is 1. The van der Waals surface area contributed by atoms with Crippen molar-refractivity contribution in [2.75, 3.05) is 38.2 Å². The zero-order valence-corrected chi connectivity index (χ0v) is 16.6. The highest BCUT2D eigenvalue weighted by molar-refractivity contribution is 5.75. The van der Waals surface area contributed by atoms with Crippen molar-refractivity contribution in [3.05, 3.63) is 35.4 Å². The minimum atomic E-state index is -0.560. The third kappa shape index (κ3) is 4.86. The van der Waals surface area contributed by atoms with Crippen LogP contribution < -0.4 is 9.64 Å². The molecule has 8 heteroatoms. The van der Waals surface area contributed by atoms with Gasteiger partial charge in [0, 0.05) is 37.7 Å². The Bertz CT molecular complexity index is 788. The number of carbonyl (C=O) groups is 1. The van der Waals surface area contributed by atoms with Crippen LogP contribution in [0.2, 0.25) is 0 Å². The van der Waals surface area contributed by atoms with Crippen molar-refractivity contribution in [3.8, 4) is 5.75 Å². The minimum Gasteiger partial charge on any atom is -0.492 e. The van der Waals surface area contributed by atoms with E-state index in [0.717, 1.165) is 38.3 Å². The summed E-state index contributed by atoms with van der Waals surface area (Å²) in [7, 11) is 2.07. The number of rotatable bonds is 8. The van der Waals surface area contributed by atoms with E-state index in [4.69, 9.17) is 9.26 Å². The maximum atomic E-state index is 13.6. The van der Waals surface area contributed by atoms with Crippen molar-refractivity contribution in [2.24, 2.45) is 0 Å². The fourth-order valence-electron chi connectivity index (χ4n) is 3.27. The molecule has 0 unspecified atom stereocenters.